The molecule has 2 bridgehead atoms. The molecule has 0 aromatic heterocycles. The first kappa shape index (κ1) is 15.3. The van der Waals surface area contributed by atoms with E-state index < -0.39 is 17.3 Å². The standard InChI is InChI=1S/C15H26N2O3/c1-3-15(4-2,8-16)14(20)17-12-10-6-5-9(7-10)11(12)13(18)19/h9-12H,3-8,16H2,1-2H3,(H,17,20)(H,18,19). The highest BCUT2D eigenvalue weighted by Gasteiger charge is 2.52. The Bertz CT molecular complexity index is 384. The molecule has 2 aliphatic rings. The molecule has 20 heavy (non-hydrogen) atoms. The fourth-order valence-corrected chi connectivity index (χ4v) is 4.11. The topological polar surface area (TPSA) is 92.4 Å². The SMILES string of the molecule is CCC(CC)(CN)C(=O)NC1C2CCC(C2)C1C(=O)O. The van der Waals surface area contributed by atoms with Gasteiger partial charge in [-0.2, -0.15) is 0 Å². The first-order valence-corrected chi connectivity index (χ1v) is 7.73. The van der Waals surface area contributed by atoms with E-state index in [4.69, 9.17) is 5.73 Å². The van der Waals surface area contributed by atoms with E-state index in [-0.39, 0.29) is 17.9 Å². The summed E-state index contributed by atoms with van der Waals surface area (Å²) in [6, 6.07) is -0.206. The lowest BCUT2D eigenvalue weighted by molar-refractivity contribution is -0.145. The van der Waals surface area contributed by atoms with Gasteiger partial charge in [-0.25, -0.2) is 0 Å². The van der Waals surface area contributed by atoms with Crippen molar-refractivity contribution >= 4 is 11.9 Å². The van der Waals surface area contributed by atoms with Gasteiger partial charge in [0.15, 0.2) is 0 Å². The predicted molar refractivity (Wildman–Crippen MR) is 76.0 cm³/mol. The zero-order valence-electron chi connectivity index (χ0n) is 12.4. The van der Waals surface area contributed by atoms with Gasteiger partial charge in [-0.1, -0.05) is 13.8 Å². The average molecular weight is 282 g/mol. The summed E-state index contributed by atoms with van der Waals surface area (Å²) >= 11 is 0. The highest BCUT2D eigenvalue weighted by Crippen LogP contribution is 2.48. The van der Waals surface area contributed by atoms with Crippen LogP contribution in [0.4, 0.5) is 0 Å². The Hall–Kier alpha value is -1.10. The summed E-state index contributed by atoms with van der Waals surface area (Å²) in [5.74, 6) is -0.683. The molecule has 1 amide bonds. The fourth-order valence-electron chi connectivity index (χ4n) is 4.11. The zero-order chi connectivity index (χ0) is 14.9. The van der Waals surface area contributed by atoms with Crippen LogP contribution in [0, 0.1) is 23.2 Å². The highest BCUT2D eigenvalue weighted by atomic mass is 16.4. The second kappa shape index (κ2) is 5.72. The molecule has 114 valence electrons. The number of nitrogens with two attached hydrogens (primary N) is 1. The number of aliphatic carboxylic acids is 1. The molecular formula is C15H26N2O3. The number of carbonyl (C=O) groups is 2. The van der Waals surface area contributed by atoms with Crippen molar-refractivity contribution in [2.75, 3.05) is 6.54 Å². The normalized spacial score (nSPS) is 32.4. The van der Waals surface area contributed by atoms with Crippen molar-refractivity contribution in [2.24, 2.45) is 28.9 Å². The smallest absolute Gasteiger partial charge is 0.308 e. The summed E-state index contributed by atoms with van der Waals surface area (Å²) in [7, 11) is 0. The molecule has 0 aromatic rings. The summed E-state index contributed by atoms with van der Waals surface area (Å²) in [6.45, 7) is 4.24. The van der Waals surface area contributed by atoms with Crippen molar-refractivity contribution in [1.29, 1.82) is 0 Å². The van der Waals surface area contributed by atoms with Crippen LogP contribution in [-0.2, 0) is 9.59 Å². The third-order valence-corrected chi connectivity index (χ3v) is 5.73. The summed E-state index contributed by atoms with van der Waals surface area (Å²) in [6.07, 6.45) is 4.33. The number of carbonyl (C=O) groups excluding carboxylic acids is 1. The van der Waals surface area contributed by atoms with E-state index >= 15 is 0 Å². The summed E-state index contributed by atoms with van der Waals surface area (Å²) in [4.78, 5) is 24.0. The van der Waals surface area contributed by atoms with Gasteiger partial charge in [0.2, 0.25) is 5.91 Å². The second-order valence-electron chi connectivity index (χ2n) is 6.39. The maximum absolute atomic E-state index is 12.6. The number of hydrogen-bond donors (Lipinski definition) is 3. The second-order valence-corrected chi connectivity index (χ2v) is 6.39. The first-order chi connectivity index (χ1) is 9.49. The van der Waals surface area contributed by atoms with Crippen molar-refractivity contribution in [3.8, 4) is 0 Å². The largest absolute Gasteiger partial charge is 0.481 e. The number of amides is 1. The minimum atomic E-state index is -0.770. The Morgan fingerprint density at radius 1 is 1.25 bits per heavy atom. The number of carboxylic acids is 1. The Balaban J connectivity index is 2.12. The van der Waals surface area contributed by atoms with Gasteiger partial charge in [-0.15, -0.1) is 0 Å². The van der Waals surface area contributed by atoms with Crippen LogP contribution < -0.4 is 11.1 Å². The summed E-state index contributed by atoms with van der Waals surface area (Å²) in [5, 5.41) is 12.5. The zero-order valence-corrected chi connectivity index (χ0v) is 12.4. The maximum Gasteiger partial charge on any atom is 0.308 e. The van der Waals surface area contributed by atoms with Crippen LogP contribution in [0.25, 0.3) is 0 Å². The predicted octanol–water partition coefficient (Wildman–Crippen LogP) is 1.37. The molecule has 0 spiro atoms. The molecule has 4 atom stereocenters. The molecule has 2 saturated carbocycles. The molecule has 2 fully saturated rings. The maximum atomic E-state index is 12.6. The van der Waals surface area contributed by atoms with E-state index in [1.54, 1.807) is 0 Å². The monoisotopic (exact) mass is 282 g/mol. The van der Waals surface area contributed by atoms with Crippen LogP contribution in [-0.4, -0.2) is 29.6 Å². The van der Waals surface area contributed by atoms with Gasteiger partial charge in [-0.3, -0.25) is 9.59 Å². The Morgan fingerprint density at radius 2 is 1.85 bits per heavy atom. The Kier molecular flexibility index (Phi) is 4.37. The van der Waals surface area contributed by atoms with Crippen LogP contribution in [0.15, 0.2) is 0 Å². The Morgan fingerprint density at radius 3 is 2.35 bits per heavy atom. The molecule has 0 saturated heterocycles. The van der Waals surface area contributed by atoms with E-state index in [9.17, 15) is 14.7 Å². The molecule has 5 nitrogen and oxygen atoms in total. The third-order valence-electron chi connectivity index (χ3n) is 5.73. The first-order valence-electron chi connectivity index (χ1n) is 7.73. The molecule has 0 aliphatic heterocycles. The molecule has 2 aliphatic carbocycles. The van der Waals surface area contributed by atoms with Crippen molar-refractivity contribution < 1.29 is 14.7 Å². The fraction of sp³-hybridized carbons (Fsp3) is 0.867. The average Bonchev–Trinajstić information content (AvgIpc) is 3.02. The molecule has 0 heterocycles. The van der Waals surface area contributed by atoms with Crippen molar-refractivity contribution in [1.82, 2.24) is 5.32 Å². The van der Waals surface area contributed by atoms with Crippen LogP contribution in [0.3, 0.4) is 0 Å². The van der Waals surface area contributed by atoms with E-state index in [0.717, 1.165) is 19.3 Å². The number of nitrogens with one attached hydrogen (secondary N) is 1. The van der Waals surface area contributed by atoms with Crippen molar-refractivity contribution in [2.45, 2.75) is 52.0 Å². The lowest BCUT2D eigenvalue weighted by Crippen LogP contribution is -2.53. The van der Waals surface area contributed by atoms with E-state index in [0.29, 0.717) is 25.3 Å². The third kappa shape index (κ3) is 2.32. The van der Waals surface area contributed by atoms with Gasteiger partial charge in [0.25, 0.3) is 0 Å². The van der Waals surface area contributed by atoms with Gasteiger partial charge in [0.1, 0.15) is 0 Å². The number of rotatable bonds is 6. The lowest BCUT2D eigenvalue weighted by atomic mass is 9.79. The molecular weight excluding hydrogens is 256 g/mol. The molecule has 4 N–H and O–H groups in total. The van der Waals surface area contributed by atoms with Crippen molar-refractivity contribution in [3.05, 3.63) is 0 Å². The van der Waals surface area contributed by atoms with Crippen LogP contribution in [0.5, 0.6) is 0 Å². The highest BCUT2D eigenvalue weighted by molar-refractivity contribution is 5.84. The number of carboxylic acid groups (broad SMARTS) is 1. The molecule has 4 unspecified atom stereocenters. The summed E-state index contributed by atoms with van der Waals surface area (Å²) < 4.78 is 0. The van der Waals surface area contributed by atoms with E-state index in [1.807, 2.05) is 13.8 Å². The summed E-state index contributed by atoms with van der Waals surface area (Å²) in [5.41, 5.74) is 5.25. The van der Waals surface area contributed by atoms with Gasteiger partial charge < -0.3 is 16.2 Å². The van der Waals surface area contributed by atoms with Crippen LogP contribution in [0.2, 0.25) is 0 Å². The van der Waals surface area contributed by atoms with E-state index in [2.05, 4.69) is 5.32 Å². The van der Waals surface area contributed by atoms with Gasteiger partial charge >= 0.3 is 5.97 Å². The van der Waals surface area contributed by atoms with Crippen LogP contribution in [0.1, 0.15) is 46.0 Å². The molecule has 5 heteroatoms. The van der Waals surface area contributed by atoms with Gasteiger partial charge in [0.05, 0.1) is 11.3 Å². The van der Waals surface area contributed by atoms with Crippen molar-refractivity contribution in [3.63, 3.8) is 0 Å². The van der Waals surface area contributed by atoms with Gasteiger partial charge in [-0.05, 0) is 43.9 Å². The minimum Gasteiger partial charge on any atom is -0.481 e. The molecule has 2 rings (SSSR count). The van der Waals surface area contributed by atoms with E-state index in [1.165, 1.54) is 0 Å². The molecule has 0 radical (unpaired) electrons. The quantitative estimate of drug-likeness (QED) is 0.686. The lowest BCUT2D eigenvalue weighted by Gasteiger charge is -2.34. The van der Waals surface area contributed by atoms with Gasteiger partial charge in [0, 0.05) is 12.6 Å². The number of hydrogen-bond acceptors (Lipinski definition) is 3. The number of fused-ring (bicyclic) bond motifs is 2. The van der Waals surface area contributed by atoms with Crippen LogP contribution >= 0.6 is 0 Å². The Labute approximate surface area is 120 Å². The molecule has 0 aromatic carbocycles. The minimum absolute atomic E-state index is 0.0613.